The van der Waals surface area contributed by atoms with E-state index < -0.39 is 17.9 Å². The molecule has 1 aliphatic heterocycles. The number of hydrogen-bond acceptors (Lipinski definition) is 10. The number of rotatable bonds is 11. The minimum Gasteiger partial charge on any atom is -0.493 e. The van der Waals surface area contributed by atoms with E-state index in [1.54, 1.807) is 66.7 Å². The van der Waals surface area contributed by atoms with Crippen molar-refractivity contribution in [1.82, 2.24) is 9.97 Å². The summed E-state index contributed by atoms with van der Waals surface area (Å²) < 4.78 is 75.5. The third-order valence-corrected chi connectivity index (χ3v) is 7.44. The monoisotopic (exact) mass is 650 g/mol. The summed E-state index contributed by atoms with van der Waals surface area (Å²) >= 11 is 0. The molecular formula is C34H33F3N4O6. The largest absolute Gasteiger partial charge is 0.493 e. The Balaban J connectivity index is 1.65. The van der Waals surface area contributed by atoms with E-state index in [0.717, 1.165) is 6.07 Å². The molecule has 0 fully saturated rings. The van der Waals surface area contributed by atoms with Gasteiger partial charge < -0.3 is 28.4 Å². The van der Waals surface area contributed by atoms with E-state index >= 15 is 0 Å². The van der Waals surface area contributed by atoms with Crippen molar-refractivity contribution >= 4 is 17.7 Å². The SMILES string of the molecule is COc1cc(/C=C/C2=NN(c3nc(-c4ccccc4)cc(C(F)(F)F)n3)C(c3cc(OC)c(OC)c(OC)c3)C2)cc(OC)c1OC. The van der Waals surface area contributed by atoms with Crippen molar-refractivity contribution in [2.24, 2.45) is 5.10 Å². The summed E-state index contributed by atoms with van der Waals surface area (Å²) in [5, 5.41) is 6.12. The van der Waals surface area contributed by atoms with Crippen molar-refractivity contribution in [2.45, 2.75) is 18.6 Å². The number of ether oxygens (including phenoxy) is 6. The summed E-state index contributed by atoms with van der Waals surface area (Å²) in [5.74, 6) is 2.25. The van der Waals surface area contributed by atoms with E-state index in [2.05, 4.69) is 9.97 Å². The molecule has 1 aliphatic rings. The number of benzene rings is 3. The van der Waals surface area contributed by atoms with Crippen LogP contribution in [0.3, 0.4) is 0 Å². The van der Waals surface area contributed by atoms with Crippen molar-refractivity contribution in [2.75, 3.05) is 47.7 Å². The fourth-order valence-electron chi connectivity index (χ4n) is 5.20. The van der Waals surface area contributed by atoms with Crippen LogP contribution in [0, 0.1) is 0 Å². The minimum atomic E-state index is -4.73. The van der Waals surface area contributed by atoms with Crippen LogP contribution in [0.1, 0.15) is 29.3 Å². The molecule has 0 bridgehead atoms. The van der Waals surface area contributed by atoms with Gasteiger partial charge in [-0.25, -0.2) is 15.0 Å². The normalized spacial score (nSPS) is 14.6. The Morgan fingerprint density at radius 1 is 0.702 bits per heavy atom. The van der Waals surface area contributed by atoms with Crippen molar-refractivity contribution in [3.63, 3.8) is 0 Å². The van der Waals surface area contributed by atoms with Crippen LogP contribution in [-0.2, 0) is 6.18 Å². The second-order valence-electron chi connectivity index (χ2n) is 10.2. The standard InChI is InChI=1S/C34H33F3N4O6/c1-42-26-14-20(15-27(43-2)31(26)46-5)12-13-23-18-25(22-16-28(44-3)32(47-6)29(17-22)45-4)41(40-23)33-38-24(21-10-8-7-9-11-21)19-30(39-33)34(35,36)37/h7-17,19,25H,18H2,1-6H3/b13-12+. The number of nitrogens with zero attached hydrogens (tertiary/aromatic N) is 4. The van der Waals surface area contributed by atoms with Gasteiger partial charge in [0.1, 0.15) is 0 Å². The third-order valence-electron chi connectivity index (χ3n) is 7.44. The van der Waals surface area contributed by atoms with Crippen molar-refractivity contribution < 1.29 is 41.6 Å². The van der Waals surface area contributed by atoms with Gasteiger partial charge in [0.25, 0.3) is 0 Å². The average molecular weight is 651 g/mol. The number of hydrazone groups is 1. The minimum absolute atomic E-state index is 0.100. The quantitative estimate of drug-likeness (QED) is 0.167. The fraction of sp³-hybridized carbons (Fsp3) is 0.265. The molecule has 1 unspecified atom stereocenters. The molecule has 10 nitrogen and oxygen atoms in total. The lowest BCUT2D eigenvalue weighted by Crippen LogP contribution is -2.23. The Kier molecular flexibility index (Phi) is 9.73. The third kappa shape index (κ3) is 6.88. The molecule has 4 aromatic rings. The van der Waals surface area contributed by atoms with E-state index in [1.807, 2.05) is 0 Å². The maximum atomic E-state index is 14.2. The van der Waals surface area contributed by atoms with Crippen molar-refractivity contribution in [3.05, 3.63) is 83.6 Å². The van der Waals surface area contributed by atoms with Gasteiger partial charge in [-0.1, -0.05) is 36.4 Å². The molecule has 1 atom stereocenters. The number of aromatic nitrogens is 2. The van der Waals surface area contributed by atoms with Crippen LogP contribution in [0.4, 0.5) is 19.1 Å². The first kappa shape index (κ1) is 32.9. The average Bonchev–Trinajstić information content (AvgIpc) is 3.53. The zero-order chi connectivity index (χ0) is 33.7. The molecule has 47 heavy (non-hydrogen) atoms. The summed E-state index contributed by atoms with van der Waals surface area (Å²) in [6, 6.07) is 15.9. The molecule has 5 rings (SSSR count). The molecule has 0 spiro atoms. The van der Waals surface area contributed by atoms with E-state index in [0.29, 0.717) is 56.9 Å². The van der Waals surface area contributed by atoms with Gasteiger partial charge in [0.05, 0.1) is 60.1 Å². The maximum Gasteiger partial charge on any atom is 0.433 e. The summed E-state index contributed by atoms with van der Waals surface area (Å²) in [6.07, 6.45) is -0.902. The Morgan fingerprint density at radius 2 is 1.26 bits per heavy atom. The first-order valence-corrected chi connectivity index (χ1v) is 14.3. The zero-order valence-electron chi connectivity index (χ0n) is 26.6. The lowest BCUT2D eigenvalue weighted by Gasteiger charge is -2.24. The highest BCUT2D eigenvalue weighted by Crippen LogP contribution is 2.44. The van der Waals surface area contributed by atoms with Gasteiger partial charge >= 0.3 is 6.18 Å². The van der Waals surface area contributed by atoms with Gasteiger partial charge in [0, 0.05) is 12.0 Å². The number of alkyl halides is 3. The summed E-state index contributed by atoms with van der Waals surface area (Å²) in [6.45, 7) is 0. The molecule has 2 heterocycles. The van der Waals surface area contributed by atoms with E-state index in [4.69, 9.17) is 33.5 Å². The van der Waals surface area contributed by atoms with Crippen LogP contribution in [0.25, 0.3) is 17.3 Å². The van der Waals surface area contributed by atoms with Crippen LogP contribution < -0.4 is 33.4 Å². The summed E-state index contributed by atoms with van der Waals surface area (Å²) in [5.41, 5.74) is 1.38. The summed E-state index contributed by atoms with van der Waals surface area (Å²) in [4.78, 5) is 8.51. The number of allylic oxidation sites excluding steroid dienone is 1. The Hall–Kier alpha value is -5.46. The molecule has 13 heteroatoms. The molecule has 0 saturated carbocycles. The summed E-state index contributed by atoms with van der Waals surface area (Å²) in [7, 11) is 9.00. The van der Waals surface area contributed by atoms with Crippen molar-refractivity contribution in [1.29, 1.82) is 0 Å². The highest BCUT2D eigenvalue weighted by Gasteiger charge is 2.37. The molecule has 246 valence electrons. The Morgan fingerprint density at radius 3 is 1.77 bits per heavy atom. The van der Waals surface area contributed by atoms with Crippen LogP contribution in [0.2, 0.25) is 0 Å². The highest BCUT2D eigenvalue weighted by molar-refractivity contribution is 6.01. The van der Waals surface area contributed by atoms with Crippen molar-refractivity contribution in [3.8, 4) is 45.8 Å². The lowest BCUT2D eigenvalue weighted by molar-refractivity contribution is -0.141. The molecule has 0 saturated heterocycles. The van der Waals surface area contributed by atoms with Crippen LogP contribution in [0.5, 0.6) is 34.5 Å². The van der Waals surface area contributed by atoms with E-state index in [9.17, 15) is 13.2 Å². The molecule has 1 aromatic heterocycles. The van der Waals surface area contributed by atoms with Crippen LogP contribution >= 0.6 is 0 Å². The lowest BCUT2D eigenvalue weighted by atomic mass is 10.00. The predicted molar refractivity (Wildman–Crippen MR) is 171 cm³/mol. The molecule has 0 aliphatic carbocycles. The number of methoxy groups -OCH3 is 6. The second-order valence-corrected chi connectivity index (χ2v) is 10.2. The number of hydrogen-bond donors (Lipinski definition) is 0. The molecular weight excluding hydrogens is 617 g/mol. The maximum absolute atomic E-state index is 14.2. The van der Waals surface area contributed by atoms with E-state index in [1.165, 1.54) is 47.7 Å². The second kappa shape index (κ2) is 13.9. The van der Waals surface area contributed by atoms with Gasteiger partial charge in [-0.15, -0.1) is 0 Å². The number of halogens is 3. The zero-order valence-corrected chi connectivity index (χ0v) is 26.6. The van der Waals surface area contributed by atoms with Gasteiger partial charge in [-0.05, 0) is 47.5 Å². The number of anilines is 1. The fourth-order valence-corrected chi connectivity index (χ4v) is 5.20. The molecule has 0 N–H and O–H groups in total. The van der Waals surface area contributed by atoms with Gasteiger partial charge in [0.2, 0.25) is 17.4 Å². The Labute approximate surface area is 270 Å². The molecule has 3 aromatic carbocycles. The van der Waals surface area contributed by atoms with Crippen LogP contribution in [0.15, 0.2) is 71.8 Å². The molecule has 0 radical (unpaired) electrons. The first-order chi connectivity index (χ1) is 22.6. The van der Waals surface area contributed by atoms with Gasteiger partial charge in [-0.2, -0.15) is 18.3 Å². The van der Waals surface area contributed by atoms with E-state index in [-0.39, 0.29) is 18.1 Å². The topological polar surface area (TPSA) is 96.8 Å². The predicted octanol–water partition coefficient (Wildman–Crippen LogP) is 7.23. The first-order valence-electron chi connectivity index (χ1n) is 14.3. The van der Waals surface area contributed by atoms with Gasteiger partial charge in [0.15, 0.2) is 28.7 Å². The Bertz CT molecular complexity index is 1750. The van der Waals surface area contributed by atoms with Gasteiger partial charge in [-0.3, -0.25) is 0 Å². The smallest absolute Gasteiger partial charge is 0.433 e. The molecule has 0 amide bonds. The van der Waals surface area contributed by atoms with Crippen LogP contribution in [-0.4, -0.2) is 58.3 Å². The highest BCUT2D eigenvalue weighted by atomic mass is 19.4.